The van der Waals surface area contributed by atoms with E-state index in [9.17, 15) is 9.90 Å². The lowest BCUT2D eigenvalue weighted by Crippen LogP contribution is -2.04. The molecule has 0 atom stereocenters. The fraction of sp³-hybridized carbons (Fsp3) is 0. The molecular formula is C13H7Br2N3O2. The second kappa shape index (κ2) is 4.99. The summed E-state index contributed by atoms with van der Waals surface area (Å²) in [5.41, 5.74) is 1.92. The molecule has 0 radical (unpaired) electrons. The Kier molecular flexibility index (Phi) is 3.31. The molecule has 2 aromatic rings. The van der Waals surface area contributed by atoms with Gasteiger partial charge in [-0.3, -0.25) is 4.79 Å². The molecule has 100 valence electrons. The highest BCUT2D eigenvalue weighted by molar-refractivity contribution is 9.11. The largest absolute Gasteiger partial charge is 0.506 e. The maximum absolute atomic E-state index is 12.0. The zero-order valence-corrected chi connectivity index (χ0v) is 13.1. The average Bonchev–Trinajstić information content (AvgIpc) is 2.73. The third-order valence-electron chi connectivity index (χ3n) is 2.83. The van der Waals surface area contributed by atoms with E-state index in [1.54, 1.807) is 24.4 Å². The maximum Gasteiger partial charge on any atom is 0.257 e. The third-order valence-corrected chi connectivity index (χ3v) is 4.04. The predicted octanol–water partition coefficient (Wildman–Crippen LogP) is 3.20. The van der Waals surface area contributed by atoms with Crippen molar-refractivity contribution in [3.63, 3.8) is 0 Å². The van der Waals surface area contributed by atoms with Crippen molar-refractivity contribution >= 4 is 55.2 Å². The van der Waals surface area contributed by atoms with E-state index in [0.29, 0.717) is 25.9 Å². The molecule has 5 nitrogen and oxygen atoms in total. The van der Waals surface area contributed by atoms with Crippen LogP contribution in [0.2, 0.25) is 0 Å². The van der Waals surface area contributed by atoms with E-state index in [4.69, 9.17) is 0 Å². The minimum absolute atomic E-state index is 0.117. The van der Waals surface area contributed by atoms with Gasteiger partial charge in [0.25, 0.3) is 5.91 Å². The van der Waals surface area contributed by atoms with Gasteiger partial charge in [0.1, 0.15) is 17.9 Å². The van der Waals surface area contributed by atoms with Gasteiger partial charge in [-0.1, -0.05) is 0 Å². The standard InChI is InChI=1S/C13H7Br2N3O2/c14-9-2-6(3-10(15)11(9)19)1-7-8-4-16-5-17-12(8)18-13(7)20/h1-5,19H,(H,16,17,18,20)/b7-1-. The first-order valence-corrected chi connectivity index (χ1v) is 7.16. The van der Waals surface area contributed by atoms with Gasteiger partial charge in [0, 0.05) is 11.8 Å². The first-order valence-electron chi connectivity index (χ1n) is 5.57. The number of nitrogens with zero attached hydrogens (tertiary/aromatic N) is 2. The maximum atomic E-state index is 12.0. The summed E-state index contributed by atoms with van der Waals surface area (Å²) in [4.78, 5) is 19.9. The van der Waals surface area contributed by atoms with Gasteiger partial charge in [-0.25, -0.2) is 9.97 Å². The molecule has 3 rings (SSSR count). The van der Waals surface area contributed by atoms with Crippen LogP contribution in [0.3, 0.4) is 0 Å². The van der Waals surface area contributed by atoms with Crippen LogP contribution in [-0.2, 0) is 4.79 Å². The zero-order chi connectivity index (χ0) is 14.3. The zero-order valence-electron chi connectivity index (χ0n) is 9.89. The number of nitrogens with one attached hydrogen (secondary N) is 1. The molecule has 2 N–H and O–H groups in total. The van der Waals surface area contributed by atoms with Gasteiger partial charge in [-0.15, -0.1) is 0 Å². The number of phenols is 1. The summed E-state index contributed by atoms with van der Waals surface area (Å²) in [6.07, 6.45) is 4.70. The molecule has 0 bridgehead atoms. The van der Waals surface area contributed by atoms with E-state index in [-0.39, 0.29) is 11.7 Å². The Bertz CT molecular complexity index is 736. The molecule has 1 aliphatic rings. The lowest BCUT2D eigenvalue weighted by Gasteiger charge is -2.03. The van der Waals surface area contributed by atoms with Crippen LogP contribution in [0.5, 0.6) is 5.75 Å². The van der Waals surface area contributed by atoms with Crippen LogP contribution < -0.4 is 5.32 Å². The summed E-state index contributed by atoms with van der Waals surface area (Å²) in [6, 6.07) is 3.45. The van der Waals surface area contributed by atoms with E-state index < -0.39 is 0 Å². The van der Waals surface area contributed by atoms with Crippen molar-refractivity contribution < 1.29 is 9.90 Å². The van der Waals surface area contributed by atoms with Gasteiger partial charge in [0.2, 0.25) is 0 Å². The normalized spacial score (nSPS) is 15.3. The number of hydrogen-bond donors (Lipinski definition) is 2. The van der Waals surface area contributed by atoms with E-state index >= 15 is 0 Å². The fourth-order valence-corrected chi connectivity index (χ4v) is 3.12. The minimum Gasteiger partial charge on any atom is -0.506 e. The molecule has 0 unspecified atom stereocenters. The van der Waals surface area contributed by atoms with Crippen LogP contribution in [0, 0.1) is 0 Å². The monoisotopic (exact) mass is 395 g/mol. The summed E-state index contributed by atoms with van der Waals surface area (Å²) < 4.78 is 1.09. The van der Waals surface area contributed by atoms with E-state index in [1.807, 2.05) is 0 Å². The Morgan fingerprint density at radius 1 is 1.25 bits per heavy atom. The molecule has 1 aliphatic heterocycles. The highest BCUT2D eigenvalue weighted by Crippen LogP contribution is 2.36. The smallest absolute Gasteiger partial charge is 0.257 e. The molecule has 0 fully saturated rings. The fourth-order valence-electron chi connectivity index (χ4n) is 1.90. The van der Waals surface area contributed by atoms with Crippen LogP contribution in [0.1, 0.15) is 11.1 Å². The average molecular weight is 397 g/mol. The minimum atomic E-state index is -0.221. The highest BCUT2D eigenvalue weighted by atomic mass is 79.9. The summed E-state index contributed by atoms with van der Waals surface area (Å²) in [5.74, 6) is 0.403. The number of aromatic hydroxyl groups is 1. The number of halogens is 2. The number of hydrogen-bond acceptors (Lipinski definition) is 4. The van der Waals surface area contributed by atoms with Gasteiger partial charge in [0.15, 0.2) is 0 Å². The van der Waals surface area contributed by atoms with Crippen LogP contribution in [0.25, 0.3) is 11.6 Å². The number of benzene rings is 1. The Balaban J connectivity index is 2.11. The molecule has 1 amide bonds. The number of aromatic nitrogens is 2. The molecule has 1 aromatic heterocycles. The molecule has 0 aliphatic carbocycles. The number of phenolic OH excluding ortho intramolecular Hbond substituents is 1. The van der Waals surface area contributed by atoms with Crippen molar-refractivity contribution in [1.29, 1.82) is 0 Å². The van der Waals surface area contributed by atoms with Crippen molar-refractivity contribution in [2.24, 2.45) is 0 Å². The van der Waals surface area contributed by atoms with Gasteiger partial charge < -0.3 is 10.4 Å². The van der Waals surface area contributed by atoms with Crippen LogP contribution >= 0.6 is 31.9 Å². The quantitative estimate of drug-likeness (QED) is 0.726. The van der Waals surface area contributed by atoms with Crippen molar-refractivity contribution in [1.82, 2.24) is 9.97 Å². The van der Waals surface area contributed by atoms with Crippen molar-refractivity contribution in [3.05, 3.63) is 44.7 Å². The van der Waals surface area contributed by atoms with Crippen LogP contribution in [-0.4, -0.2) is 21.0 Å². The summed E-state index contributed by atoms with van der Waals surface area (Å²) in [6.45, 7) is 0. The molecule has 0 spiro atoms. The van der Waals surface area contributed by atoms with Crippen molar-refractivity contribution in [3.8, 4) is 5.75 Å². The first-order chi connectivity index (χ1) is 9.56. The van der Waals surface area contributed by atoms with Gasteiger partial charge in [-0.2, -0.15) is 0 Å². The van der Waals surface area contributed by atoms with E-state index in [0.717, 1.165) is 5.56 Å². The summed E-state index contributed by atoms with van der Waals surface area (Å²) >= 11 is 6.52. The molecular weight excluding hydrogens is 390 g/mol. The Morgan fingerprint density at radius 3 is 2.65 bits per heavy atom. The summed E-state index contributed by atoms with van der Waals surface area (Å²) in [5, 5.41) is 12.4. The number of rotatable bonds is 1. The predicted molar refractivity (Wildman–Crippen MR) is 82.0 cm³/mol. The Labute approximate surface area is 131 Å². The number of carbonyl (C=O) groups excluding carboxylic acids is 1. The number of anilines is 1. The highest BCUT2D eigenvalue weighted by Gasteiger charge is 2.25. The van der Waals surface area contributed by atoms with Gasteiger partial charge in [0.05, 0.1) is 14.5 Å². The molecule has 1 aromatic carbocycles. The van der Waals surface area contributed by atoms with Gasteiger partial charge in [-0.05, 0) is 55.6 Å². The summed E-state index contributed by atoms with van der Waals surface area (Å²) in [7, 11) is 0. The third kappa shape index (κ3) is 2.23. The molecule has 20 heavy (non-hydrogen) atoms. The van der Waals surface area contributed by atoms with Crippen molar-refractivity contribution in [2.75, 3.05) is 5.32 Å². The lowest BCUT2D eigenvalue weighted by molar-refractivity contribution is -0.110. The SMILES string of the molecule is O=C1Nc2ncncc2/C1=C/c1cc(Br)c(O)c(Br)c1. The second-order valence-electron chi connectivity index (χ2n) is 4.13. The molecule has 0 saturated carbocycles. The number of fused-ring (bicyclic) bond motifs is 1. The lowest BCUT2D eigenvalue weighted by atomic mass is 10.1. The molecule has 0 saturated heterocycles. The number of amides is 1. The molecule has 2 heterocycles. The second-order valence-corrected chi connectivity index (χ2v) is 5.84. The first kappa shape index (κ1) is 13.3. The van der Waals surface area contributed by atoms with Crippen LogP contribution in [0.4, 0.5) is 5.82 Å². The van der Waals surface area contributed by atoms with Crippen molar-refractivity contribution in [2.45, 2.75) is 0 Å². The van der Waals surface area contributed by atoms with E-state index in [2.05, 4.69) is 47.1 Å². The Hall–Kier alpha value is -1.73. The van der Waals surface area contributed by atoms with Crippen LogP contribution in [0.15, 0.2) is 33.6 Å². The Morgan fingerprint density at radius 2 is 1.95 bits per heavy atom. The van der Waals surface area contributed by atoms with Gasteiger partial charge >= 0.3 is 0 Å². The molecule has 7 heteroatoms. The number of carbonyl (C=O) groups is 1. The van der Waals surface area contributed by atoms with E-state index in [1.165, 1.54) is 6.33 Å². The topological polar surface area (TPSA) is 75.1 Å².